The third kappa shape index (κ3) is 3.97. The number of methoxy groups -OCH3 is 1. The number of aryl methyl sites for hydroxylation is 1. The summed E-state index contributed by atoms with van der Waals surface area (Å²) in [6.45, 7) is 5.84. The maximum atomic E-state index is 12.4. The van der Waals surface area contributed by atoms with Gasteiger partial charge in [-0.1, -0.05) is 0 Å². The highest BCUT2D eigenvalue weighted by Gasteiger charge is 2.29. The number of nitrogens with one attached hydrogen (secondary N) is 1. The molecular weight excluding hydrogens is 318 g/mol. The van der Waals surface area contributed by atoms with Crippen LogP contribution >= 0.6 is 23.1 Å². The van der Waals surface area contributed by atoms with Crippen LogP contribution in [-0.4, -0.2) is 39.0 Å². The number of carbonyl (C=O) groups excluding carboxylic acids is 1. The van der Waals surface area contributed by atoms with Crippen LogP contribution in [0.15, 0.2) is 10.3 Å². The van der Waals surface area contributed by atoms with Gasteiger partial charge in [-0.2, -0.15) is 11.8 Å². The number of thiophene rings is 1. The van der Waals surface area contributed by atoms with Crippen molar-refractivity contribution in [1.29, 1.82) is 0 Å². The maximum absolute atomic E-state index is 12.4. The number of esters is 1. The van der Waals surface area contributed by atoms with E-state index in [1.807, 2.05) is 20.1 Å². The van der Waals surface area contributed by atoms with Crippen LogP contribution in [0.4, 0.5) is 0 Å². The molecule has 114 valence electrons. The van der Waals surface area contributed by atoms with Crippen LogP contribution in [0.1, 0.15) is 29.1 Å². The van der Waals surface area contributed by atoms with E-state index < -0.39 is 16.0 Å². The lowest BCUT2D eigenvalue weighted by atomic mass is 10.2. The molecule has 0 aliphatic heterocycles. The summed E-state index contributed by atoms with van der Waals surface area (Å²) in [6.07, 6.45) is 1.92. The average molecular weight is 337 g/mol. The smallest absolute Gasteiger partial charge is 0.349 e. The zero-order valence-corrected chi connectivity index (χ0v) is 14.6. The Morgan fingerprint density at radius 1 is 1.50 bits per heavy atom. The summed E-state index contributed by atoms with van der Waals surface area (Å²) in [7, 11) is -2.50. The second-order valence-electron chi connectivity index (χ2n) is 4.86. The normalized spacial score (nSPS) is 12.4. The number of sulfonamides is 1. The SMILES string of the molecule is COC(=O)c1scc(C)c1S(=O)(=O)NCC(C)(C)SC. The molecule has 1 rings (SSSR count). The molecule has 8 heteroatoms. The van der Waals surface area contributed by atoms with Gasteiger partial charge >= 0.3 is 5.97 Å². The number of carbonyl (C=O) groups is 1. The molecule has 0 saturated carbocycles. The minimum absolute atomic E-state index is 0.0197. The predicted octanol–water partition coefficient (Wildman–Crippen LogP) is 2.26. The Labute approximate surface area is 128 Å². The third-order valence-electron chi connectivity index (χ3n) is 2.80. The summed E-state index contributed by atoms with van der Waals surface area (Å²) in [5, 5.41) is 1.64. The van der Waals surface area contributed by atoms with Gasteiger partial charge in [0.05, 0.1) is 7.11 Å². The minimum atomic E-state index is -3.73. The first-order valence-electron chi connectivity index (χ1n) is 5.86. The Hall–Kier alpha value is -0.570. The Kier molecular flexibility index (Phi) is 5.65. The lowest BCUT2D eigenvalue weighted by Gasteiger charge is -2.22. The Morgan fingerprint density at radius 3 is 2.60 bits per heavy atom. The van der Waals surface area contributed by atoms with Crippen LogP contribution in [0.25, 0.3) is 0 Å². The number of hydrogen-bond donors (Lipinski definition) is 1. The van der Waals surface area contributed by atoms with E-state index in [0.29, 0.717) is 5.56 Å². The molecule has 0 aliphatic carbocycles. The zero-order valence-electron chi connectivity index (χ0n) is 12.1. The monoisotopic (exact) mass is 337 g/mol. The summed E-state index contributed by atoms with van der Waals surface area (Å²) in [5.74, 6) is -0.632. The van der Waals surface area contributed by atoms with Crippen LogP contribution in [0, 0.1) is 6.92 Å². The Morgan fingerprint density at radius 2 is 2.10 bits per heavy atom. The van der Waals surface area contributed by atoms with Crippen LogP contribution in [0.5, 0.6) is 0 Å². The van der Waals surface area contributed by atoms with Crippen molar-refractivity contribution in [2.24, 2.45) is 0 Å². The van der Waals surface area contributed by atoms with Gasteiger partial charge in [-0.25, -0.2) is 17.9 Å². The molecule has 5 nitrogen and oxygen atoms in total. The minimum Gasteiger partial charge on any atom is -0.465 e. The standard InChI is InChI=1S/C12H19NO4S3/c1-8-6-19-9(11(14)17-4)10(8)20(15,16)13-7-12(2,3)18-5/h6,13H,7H2,1-5H3. The third-order valence-corrected chi connectivity index (χ3v) is 6.84. The van der Waals surface area contributed by atoms with Gasteiger partial charge < -0.3 is 4.74 Å². The van der Waals surface area contributed by atoms with Crippen LogP contribution < -0.4 is 4.72 Å². The predicted molar refractivity (Wildman–Crippen MR) is 83.2 cm³/mol. The second-order valence-corrected chi connectivity index (χ2v) is 8.95. The highest BCUT2D eigenvalue weighted by atomic mass is 32.2. The van der Waals surface area contributed by atoms with Gasteiger partial charge in [0.15, 0.2) is 0 Å². The van der Waals surface area contributed by atoms with Gasteiger partial charge in [0, 0.05) is 11.3 Å². The number of hydrogen-bond acceptors (Lipinski definition) is 6. The fourth-order valence-electron chi connectivity index (χ4n) is 1.41. The molecule has 1 aromatic rings. The summed E-state index contributed by atoms with van der Waals surface area (Å²) in [6, 6.07) is 0. The van der Waals surface area contributed by atoms with Gasteiger partial charge in [-0.15, -0.1) is 11.3 Å². The zero-order chi connectivity index (χ0) is 15.6. The molecule has 0 saturated heterocycles. The van der Waals surface area contributed by atoms with Gasteiger partial charge in [0.1, 0.15) is 9.77 Å². The van der Waals surface area contributed by atoms with Crippen LogP contribution in [0.3, 0.4) is 0 Å². The first-order valence-corrected chi connectivity index (χ1v) is 9.44. The van der Waals surface area contributed by atoms with Crippen molar-refractivity contribution in [2.45, 2.75) is 30.4 Å². The molecule has 1 N–H and O–H groups in total. The fraction of sp³-hybridized carbons (Fsp3) is 0.583. The first-order chi connectivity index (χ1) is 9.14. The molecule has 0 radical (unpaired) electrons. The number of rotatable bonds is 6. The molecular formula is C12H19NO4S3. The molecule has 0 aromatic carbocycles. The maximum Gasteiger partial charge on any atom is 0.349 e. The summed E-state index contributed by atoms with van der Waals surface area (Å²) < 4.78 is 31.8. The Bertz CT molecular complexity index is 590. The molecule has 1 heterocycles. The van der Waals surface area contributed by atoms with Gasteiger partial charge in [-0.05, 0) is 38.0 Å². The molecule has 0 fully saturated rings. The Balaban J connectivity index is 3.10. The topological polar surface area (TPSA) is 72.5 Å². The van der Waals surface area contributed by atoms with Crippen molar-refractivity contribution >= 4 is 39.1 Å². The molecule has 0 atom stereocenters. The van der Waals surface area contributed by atoms with E-state index in [1.165, 1.54) is 7.11 Å². The van der Waals surface area contributed by atoms with Crippen molar-refractivity contribution in [3.05, 3.63) is 15.8 Å². The first kappa shape index (κ1) is 17.5. The van der Waals surface area contributed by atoms with Crippen molar-refractivity contribution in [1.82, 2.24) is 4.72 Å². The van der Waals surface area contributed by atoms with Gasteiger partial charge in [0.2, 0.25) is 10.0 Å². The highest BCUT2D eigenvalue weighted by Crippen LogP contribution is 2.28. The molecule has 0 unspecified atom stereocenters. The van der Waals surface area contributed by atoms with E-state index in [0.717, 1.165) is 11.3 Å². The lowest BCUT2D eigenvalue weighted by Crippen LogP contribution is -2.36. The van der Waals surface area contributed by atoms with Crippen molar-refractivity contribution in [3.8, 4) is 0 Å². The van der Waals surface area contributed by atoms with Crippen molar-refractivity contribution < 1.29 is 17.9 Å². The molecule has 0 spiro atoms. The quantitative estimate of drug-likeness (QED) is 0.806. The number of ether oxygens (including phenoxy) is 1. The van der Waals surface area contributed by atoms with Crippen LogP contribution in [0.2, 0.25) is 0 Å². The van der Waals surface area contributed by atoms with E-state index in [4.69, 9.17) is 0 Å². The lowest BCUT2D eigenvalue weighted by molar-refractivity contribution is 0.0602. The highest BCUT2D eigenvalue weighted by molar-refractivity contribution is 8.00. The molecule has 20 heavy (non-hydrogen) atoms. The van der Waals surface area contributed by atoms with E-state index in [-0.39, 0.29) is 21.1 Å². The molecule has 0 bridgehead atoms. The van der Waals surface area contributed by atoms with Gasteiger partial charge in [-0.3, -0.25) is 0 Å². The second kappa shape index (κ2) is 6.46. The van der Waals surface area contributed by atoms with Crippen molar-refractivity contribution in [3.63, 3.8) is 0 Å². The van der Waals surface area contributed by atoms with Crippen molar-refractivity contribution in [2.75, 3.05) is 19.9 Å². The summed E-state index contributed by atoms with van der Waals surface area (Å²) in [5.41, 5.74) is 0.546. The molecule has 1 aromatic heterocycles. The molecule has 0 aliphatic rings. The van der Waals surface area contributed by atoms with E-state index in [9.17, 15) is 13.2 Å². The van der Waals surface area contributed by atoms with E-state index >= 15 is 0 Å². The largest absolute Gasteiger partial charge is 0.465 e. The summed E-state index contributed by atoms with van der Waals surface area (Å²) >= 11 is 2.64. The van der Waals surface area contributed by atoms with Crippen LogP contribution in [-0.2, 0) is 14.8 Å². The fourth-order valence-corrected chi connectivity index (χ4v) is 4.64. The average Bonchev–Trinajstić information content (AvgIpc) is 2.78. The molecule has 0 amide bonds. The van der Waals surface area contributed by atoms with E-state index in [2.05, 4.69) is 9.46 Å². The number of thioether (sulfide) groups is 1. The van der Waals surface area contributed by atoms with E-state index in [1.54, 1.807) is 24.1 Å². The summed E-state index contributed by atoms with van der Waals surface area (Å²) in [4.78, 5) is 11.8. The van der Waals surface area contributed by atoms with Gasteiger partial charge in [0.25, 0.3) is 0 Å².